The van der Waals surface area contributed by atoms with E-state index in [9.17, 15) is 0 Å². The van der Waals surface area contributed by atoms with Gasteiger partial charge in [-0.3, -0.25) is 0 Å². The molecule has 1 aromatic carbocycles. The van der Waals surface area contributed by atoms with Gasteiger partial charge < -0.3 is 15.5 Å². The number of halogens is 2. The van der Waals surface area contributed by atoms with Crippen LogP contribution in [0.4, 0.5) is 0 Å². The average molecular weight is 304 g/mol. The van der Waals surface area contributed by atoms with E-state index in [0.29, 0.717) is 10.8 Å². The van der Waals surface area contributed by atoms with Crippen molar-refractivity contribution in [1.29, 1.82) is 0 Å². The second-order valence-electron chi connectivity index (χ2n) is 3.67. The molecule has 1 atom stereocenters. The second-order valence-corrected chi connectivity index (χ2v) is 4.87. The van der Waals surface area contributed by atoms with Crippen molar-refractivity contribution in [2.24, 2.45) is 5.73 Å². The molecule has 2 aromatic rings. The number of fused-ring (bicyclic) bond motifs is 1. The molecule has 3 nitrogen and oxygen atoms in total. The number of nitrogens with one attached hydrogen (secondary N) is 1. The molecule has 0 saturated carbocycles. The minimum atomic E-state index is -0.0634. The highest BCUT2D eigenvalue weighted by molar-refractivity contribution is 9.10. The SMILES string of the molecule is COc1cc2c(Br)c(C(C)N)[nH]c2cc1Cl. The van der Waals surface area contributed by atoms with Crippen LogP contribution in [0.2, 0.25) is 5.02 Å². The molecule has 0 fully saturated rings. The van der Waals surface area contributed by atoms with Crippen molar-refractivity contribution in [2.75, 3.05) is 7.11 Å². The van der Waals surface area contributed by atoms with E-state index < -0.39 is 0 Å². The van der Waals surface area contributed by atoms with Crippen molar-refractivity contribution < 1.29 is 4.74 Å². The molecular weight excluding hydrogens is 291 g/mol. The van der Waals surface area contributed by atoms with E-state index in [1.165, 1.54) is 0 Å². The average Bonchev–Trinajstić information content (AvgIpc) is 2.54. The van der Waals surface area contributed by atoms with E-state index in [1.54, 1.807) is 7.11 Å². The number of hydrogen-bond donors (Lipinski definition) is 2. The zero-order valence-electron chi connectivity index (χ0n) is 8.97. The number of ether oxygens (including phenoxy) is 1. The highest BCUT2D eigenvalue weighted by Gasteiger charge is 2.14. The molecule has 0 saturated heterocycles. The van der Waals surface area contributed by atoms with Gasteiger partial charge in [-0.1, -0.05) is 11.6 Å². The standard InChI is InChI=1S/C11H12BrClN2O/c1-5(14)11-10(12)6-3-9(16-2)7(13)4-8(6)15-11/h3-5,15H,14H2,1-2H3. The maximum Gasteiger partial charge on any atom is 0.138 e. The molecule has 0 bridgehead atoms. The predicted molar refractivity (Wildman–Crippen MR) is 70.2 cm³/mol. The smallest absolute Gasteiger partial charge is 0.138 e. The summed E-state index contributed by atoms with van der Waals surface area (Å²) in [5, 5.41) is 1.61. The van der Waals surface area contributed by atoms with Gasteiger partial charge in [0.2, 0.25) is 0 Å². The Kier molecular flexibility index (Phi) is 3.15. The molecule has 0 aliphatic heterocycles. The topological polar surface area (TPSA) is 51.0 Å². The summed E-state index contributed by atoms with van der Waals surface area (Å²) in [6.45, 7) is 1.92. The highest BCUT2D eigenvalue weighted by atomic mass is 79.9. The van der Waals surface area contributed by atoms with Gasteiger partial charge in [0, 0.05) is 27.1 Å². The number of methoxy groups -OCH3 is 1. The zero-order valence-corrected chi connectivity index (χ0v) is 11.3. The Hall–Kier alpha value is -0.710. The van der Waals surface area contributed by atoms with Crippen LogP contribution in [0.5, 0.6) is 5.75 Å². The summed E-state index contributed by atoms with van der Waals surface area (Å²) >= 11 is 9.58. The van der Waals surface area contributed by atoms with Crippen LogP contribution < -0.4 is 10.5 Å². The lowest BCUT2D eigenvalue weighted by Gasteiger charge is -2.02. The first kappa shape index (κ1) is 11.8. The Morgan fingerprint density at radius 1 is 1.50 bits per heavy atom. The van der Waals surface area contributed by atoms with Crippen molar-refractivity contribution in [3.8, 4) is 5.75 Å². The Balaban J connectivity index is 2.72. The van der Waals surface area contributed by atoms with Gasteiger partial charge in [0.25, 0.3) is 0 Å². The largest absolute Gasteiger partial charge is 0.495 e. The third kappa shape index (κ3) is 1.81. The molecule has 86 valence electrons. The Morgan fingerprint density at radius 2 is 2.19 bits per heavy atom. The quantitative estimate of drug-likeness (QED) is 0.890. The van der Waals surface area contributed by atoms with Crippen LogP contribution in [0.1, 0.15) is 18.7 Å². The van der Waals surface area contributed by atoms with Gasteiger partial charge in [-0.15, -0.1) is 0 Å². The van der Waals surface area contributed by atoms with Gasteiger partial charge >= 0.3 is 0 Å². The first-order chi connectivity index (χ1) is 7.54. The Bertz CT molecular complexity index is 536. The monoisotopic (exact) mass is 302 g/mol. The van der Waals surface area contributed by atoms with Crippen LogP contribution in [-0.4, -0.2) is 12.1 Å². The molecule has 1 aromatic heterocycles. The molecule has 1 unspecified atom stereocenters. The molecule has 5 heteroatoms. The molecule has 0 amide bonds. The number of benzene rings is 1. The van der Waals surface area contributed by atoms with Crippen molar-refractivity contribution >= 4 is 38.4 Å². The minimum Gasteiger partial charge on any atom is -0.495 e. The number of rotatable bonds is 2. The molecule has 2 rings (SSSR count). The summed E-state index contributed by atoms with van der Waals surface area (Å²) in [4.78, 5) is 3.24. The van der Waals surface area contributed by atoms with Gasteiger partial charge in [0.1, 0.15) is 5.75 Å². The summed E-state index contributed by atoms with van der Waals surface area (Å²) in [6, 6.07) is 3.67. The number of H-pyrrole nitrogens is 1. The van der Waals surface area contributed by atoms with Crippen LogP contribution in [0.25, 0.3) is 10.9 Å². The van der Waals surface area contributed by atoms with Gasteiger partial charge in [-0.05, 0) is 35.0 Å². The summed E-state index contributed by atoms with van der Waals surface area (Å²) in [6.07, 6.45) is 0. The normalized spacial score (nSPS) is 13.1. The third-order valence-electron chi connectivity index (χ3n) is 2.49. The first-order valence-electron chi connectivity index (χ1n) is 4.84. The molecule has 0 aliphatic rings. The van der Waals surface area contributed by atoms with Crippen LogP contribution >= 0.6 is 27.5 Å². The van der Waals surface area contributed by atoms with Gasteiger partial charge in [0.15, 0.2) is 0 Å². The van der Waals surface area contributed by atoms with Crippen molar-refractivity contribution in [2.45, 2.75) is 13.0 Å². The zero-order chi connectivity index (χ0) is 11.9. The van der Waals surface area contributed by atoms with Gasteiger partial charge in [0.05, 0.1) is 12.1 Å². The molecule has 0 aliphatic carbocycles. The lowest BCUT2D eigenvalue weighted by atomic mass is 10.2. The maximum absolute atomic E-state index is 6.05. The van der Waals surface area contributed by atoms with Crippen molar-refractivity contribution in [1.82, 2.24) is 4.98 Å². The van der Waals surface area contributed by atoms with Crippen LogP contribution in [0, 0.1) is 0 Å². The fourth-order valence-electron chi connectivity index (χ4n) is 1.65. The highest BCUT2D eigenvalue weighted by Crippen LogP contribution is 2.36. The van der Waals surface area contributed by atoms with E-state index in [-0.39, 0.29) is 6.04 Å². The summed E-state index contributed by atoms with van der Waals surface area (Å²) < 4.78 is 6.15. The van der Waals surface area contributed by atoms with Gasteiger partial charge in [-0.2, -0.15) is 0 Å². The summed E-state index contributed by atoms with van der Waals surface area (Å²) in [5.74, 6) is 0.657. The molecular formula is C11H12BrClN2O. The number of aromatic nitrogens is 1. The first-order valence-corrected chi connectivity index (χ1v) is 6.02. The Labute approximate surface area is 107 Å². The molecule has 16 heavy (non-hydrogen) atoms. The fourth-order valence-corrected chi connectivity index (χ4v) is 2.68. The lowest BCUT2D eigenvalue weighted by molar-refractivity contribution is 0.415. The number of nitrogens with two attached hydrogens (primary N) is 1. The van der Waals surface area contributed by atoms with E-state index in [1.807, 2.05) is 19.1 Å². The maximum atomic E-state index is 6.05. The van der Waals surface area contributed by atoms with E-state index >= 15 is 0 Å². The van der Waals surface area contributed by atoms with Crippen LogP contribution in [0.3, 0.4) is 0 Å². The van der Waals surface area contributed by atoms with Crippen LogP contribution in [0.15, 0.2) is 16.6 Å². The van der Waals surface area contributed by atoms with Gasteiger partial charge in [-0.25, -0.2) is 0 Å². The number of hydrogen-bond acceptors (Lipinski definition) is 2. The molecule has 3 N–H and O–H groups in total. The number of aromatic amines is 1. The Morgan fingerprint density at radius 3 is 2.75 bits per heavy atom. The van der Waals surface area contributed by atoms with Crippen molar-refractivity contribution in [3.63, 3.8) is 0 Å². The molecule has 0 spiro atoms. The minimum absolute atomic E-state index is 0.0634. The van der Waals surface area contributed by atoms with Crippen molar-refractivity contribution in [3.05, 3.63) is 27.3 Å². The van der Waals surface area contributed by atoms with Crippen LogP contribution in [-0.2, 0) is 0 Å². The molecule has 1 heterocycles. The summed E-state index contributed by atoms with van der Waals surface area (Å²) in [5.41, 5.74) is 7.77. The molecule has 0 radical (unpaired) electrons. The van der Waals surface area contributed by atoms with E-state index in [2.05, 4.69) is 20.9 Å². The third-order valence-corrected chi connectivity index (χ3v) is 3.64. The lowest BCUT2D eigenvalue weighted by Crippen LogP contribution is -2.05. The van der Waals surface area contributed by atoms with E-state index in [0.717, 1.165) is 21.1 Å². The fraction of sp³-hybridized carbons (Fsp3) is 0.273. The second kappa shape index (κ2) is 4.28. The van der Waals surface area contributed by atoms with E-state index in [4.69, 9.17) is 22.1 Å². The predicted octanol–water partition coefficient (Wildman–Crippen LogP) is 3.61. The summed E-state index contributed by atoms with van der Waals surface area (Å²) in [7, 11) is 1.60.